The average Bonchev–Trinajstić information content (AvgIpc) is 3.38. The number of nitrogens with one attached hydrogen (secondary N) is 2. The molecule has 2 aromatic carbocycles. The first-order chi connectivity index (χ1) is 15.5. The van der Waals surface area contributed by atoms with Crippen LogP contribution in [0, 0.1) is 0 Å². The molecule has 0 radical (unpaired) electrons. The van der Waals surface area contributed by atoms with Gasteiger partial charge in [-0.3, -0.25) is 9.59 Å². The molecule has 2 amide bonds. The van der Waals surface area contributed by atoms with Gasteiger partial charge < -0.3 is 16.4 Å². The van der Waals surface area contributed by atoms with Crippen molar-refractivity contribution in [1.29, 1.82) is 0 Å². The molecule has 0 atom stereocenters. The van der Waals surface area contributed by atoms with Gasteiger partial charge in [0.15, 0.2) is 11.5 Å². The van der Waals surface area contributed by atoms with E-state index in [4.69, 9.17) is 5.73 Å². The zero-order valence-corrected chi connectivity index (χ0v) is 18.1. The van der Waals surface area contributed by atoms with Gasteiger partial charge in [0.2, 0.25) is 0 Å². The predicted molar refractivity (Wildman–Crippen MR) is 126 cm³/mol. The van der Waals surface area contributed by atoms with E-state index in [1.54, 1.807) is 35.6 Å². The maximum absolute atomic E-state index is 12.7. The summed E-state index contributed by atoms with van der Waals surface area (Å²) in [6.07, 6.45) is 1.48. The number of nitrogens with two attached hydrogens (primary N) is 1. The van der Waals surface area contributed by atoms with Crippen LogP contribution in [-0.4, -0.2) is 28.8 Å². The van der Waals surface area contributed by atoms with E-state index in [0.29, 0.717) is 23.4 Å². The lowest BCUT2D eigenvalue weighted by Crippen LogP contribution is -2.23. The van der Waals surface area contributed by atoms with E-state index in [2.05, 4.69) is 38.8 Å². The van der Waals surface area contributed by atoms with E-state index in [1.165, 1.54) is 18.1 Å². The smallest absolute Gasteiger partial charge is 0.273 e. The summed E-state index contributed by atoms with van der Waals surface area (Å²) in [6, 6.07) is 19.2. The van der Waals surface area contributed by atoms with Crippen LogP contribution in [0.5, 0.6) is 0 Å². The number of amides is 2. The van der Waals surface area contributed by atoms with Crippen LogP contribution in [0.3, 0.4) is 0 Å². The Morgan fingerprint density at radius 2 is 1.81 bits per heavy atom. The van der Waals surface area contributed by atoms with E-state index in [1.807, 2.05) is 23.6 Å². The molecule has 0 saturated carbocycles. The SMILES string of the molecule is CNC(=O)c1nc(-c2cccc(C(=O)NCc3ccc(-c4cccs4)cc3)c2)cnc1N. The Labute approximate surface area is 189 Å². The lowest BCUT2D eigenvalue weighted by molar-refractivity contribution is 0.0945. The van der Waals surface area contributed by atoms with Crippen molar-refractivity contribution in [2.45, 2.75) is 6.54 Å². The van der Waals surface area contributed by atoms with Gasteiger partial charge in [0.1, 0.15) is 0 Å². The first-order valence-electron chi connectivity index (χ1n) is 9.91. The highest BCUT2D eigenvalue weighted by Gasteiger charge is 2.14. The van der Waals surface area contributed by atoms with E-state index < -0.39 is 5.91 Å². The van der Waals surface area contributed by atoms with E-state index >= 15 is 0 Å². The van der Waals surface area contributed by atoms with E-state index in [9.17, 15) is 9.59 Å². The molecule has 2 aromatic heterocycles. The number of thiophene rings is 1. The van der Waals surface area contributed by atoms with Gasteiger partial charge in [0.05, 0.1) is 11.9 Å². The van der Waals surface area contributed by atoms with Gasteiger partial charge in [-0.05, 0) is 34.7 Å². The van der Waals surface area contributed by atoms with Gasteiger partial charge in [-0.1, -0.05) is 42.5 Å². The minimum Gasteiger partial charge on any atom is -0.382 e. The number of anilines is 1. The lowest BCUT2D eigenvalue weighted by atomic mass is 10.1. The molecule has 4 aromatic rings. The zero-order chi connectivity index (χ0) is 22.5. The molecule has 4 N–H and O–H groups in total. The van der Waals surface area contributed by atoms with E-state index in [0.717, 1.165) is 11.1 Å². The molecule has 0 bridgehead atoms. The van der Waals surface area contributed by atoms with Crippen molar-refractivity contribution in [3.63, 3.8) is 0 Å². The number of benzene rings is 2. The fourth-order valence-corrected chi connectivity index (χ4v) is 3.89. The highest BCUT2D eigenvalue weighted by atomic mass is 32.1. The normalized spacial score (nSPS) is 10.5. The van der Waals surface area contributed by atoms with Crippen LogP contribution in [0.15, 0.2) is 72.2 Å². The number of nitrogen functional groups attached to an aromatic ring is 1. The Bertz CT molecular complexity index is 1250. The standard InChI is InChI=1S/C24H21N5O2S/c1-26-24(31)21-22(25)27-14-19(29-21)17-4-2-5-18(12-17)23(30)28-13-15-7-9-16(10-8-15)20-6-3-11-32-20/h2-12,14H,13H2,1H3,(H2,25,27)(H,26,31)(H,28,30). The minimum atomic E-state index is -0.421. The largest absolute Gasteiger partial charge is 0.382 e. The number of rotatable bonds is 6. The van der Waals surface area contributed by atoms with Crippen LogP contribution in [0.4, 0.5) is 5.82 Å². The topological polar surface area (TPSA) is 110 Å². The molecule has 0 fully saturated rings. The van der Waals surface area contributed by atoms with Gasteiger partial charge in [-0.15, -0.1) is 11.3 Å². The number of carbonyl (C=O) groups is 2. The summed E-state index contributed by atoms with van der Waals surface area (Å²) >= 11 is 1.69. The van der Waals surface area contributed by atoms with Crippen molar-refractivity contribution in [1.82, 2.24) is 20.6 Å². The van der Waals surface area contributed by atoms with Gasteiger partial charge in [-0.2, -0.15) is 0 Å². The second-order valence-corrected chi connectivity index (χ2v) is 7.95. The molecule has 0 saturated heterocycles. The van der Waals surface area contributed by atoms with Gasteiger partial charge in [0.25, 0.3) is 11.8 Å². The van der Waals surface area contributed by atoms with Crippen LogP contribution in [0.25, 0.3) is 21.7 Å². The fourth-order valence-electron chi connectivity index (χ4n) is 3.16. The molecule has 7 nitrogen and oxygen atoms in total. The van der Waals surface area contributed by atoms with Crippen molar-refractivity contribution in [2.75, 3.05) is 12.8 Å². The summed E-state index contributed by atoms with van der Waals surface area (Å²) < 4.78 is 0. The molecule has 0 spiro atoms. The molecule has 4 rings (SSSR count). The fraction of sp³-hybridized carbons (Fsp3) is 0.0833. The summed E-state index contributed by atoms with van der Waals surface area (Å²) in [7, 11) is 1.50. The Kier molecular flexibility index (Phi) is 6.23. The van der Waals surface area contributed by atoms with Crippen molar-refractivity contribution in [3.05, 3.63) is 89.1 Å². The van der Waals surface area contributed by atoms with Crippen molar-refractivity contribution >= 4 is 29.0 Å². The van der Waals surface area contributed by atoms with Gasteiger partial charge in [0, 0.05) is 29.6 Å². The second-order valence-electron chi connectivity index (χ2n) is 7.01. The first kappa shape index (κ1) is 21.2. The maximum Gasteiger partial charge on any atom is 0.273 e. The van der Waals surface area contributed by atoms with E-state index in [-0.39, 0.29) is 17.4 Å². The Hall–Kier alpha value is -4.04. The van der Waals surface area contributed by atoms with Crippen molar-refractivity contribution in [2.24, 2.45) is 0 Å². The zero-order valence-electron chi connectivity index (χ0n) is 17.3. The molecule has 0 aliphatic rings. The van der Waals surface area contributed by atoms with Gasteiger partial charge >= 0.3 is 0 Å². The lowest BCUT2D eigenvalue weighted by Gasteiger charge is -2.09. The summed E-state index contributed by atoms with van der Waals surface area (Å²) in [5.74, 6) is -0.577. The summed E-state index contributed by atoms with van der Waals surface area (Å²) in [4.78, 5) is 34.2. The quantitative estimate of drug-likeness (QED) is 0.420. The monoisotopic (exact) mass is 443 g/mol. The molecule has 0 unspecified atom stereocenters. The third kappa shape index (κ3) is 4.65. The summed E-state index contributed by atoms with van der Waals surface area (Å²) in [5.41, 5.74) is 9.57. The second kappa shape index (κ2) is 9.40. The predicted octanol–water partition coefficient (Wildman–Crippen LogP) is 3.74. The Balaban J connectivity index is 1.46. The molecule has 32 heavy (non-hydrogen) atoms. The van der Waals surface area contributed by atoms with Crippen LogP contribution in [0.2, 0.25) is 0 Å². The molecular weight excluding hydrogens is 422 g/mol. The molecule has 0 aliphatic heterocycles. The molecule has 160 valence electrons. The third-order valence-electron chi connectivity index (χ3n) is 4.88. The molecular formula is C24H21N5O2S. The van der Waals surface area contributed by atoms with Crippen LogP contribution in [-0.2, 0) is 6.54 Å². The van der Waals surface area contributed by atoms with Crippen LogP contribution in [0.1, 0.15) is 26.4 Å². The number of hydrogen-bond donors (Lipinski definition) is 3. The molecule has 8 heteroatoms. The first-order valence-corrected chi connectivity index (χ1v) is 10.8. The van der Waals surface area contributed by atoms with Crippen molar-refractivity contribution in [3.8, 4) is 21.7 Å². The molecule has 0 aliphatic carbocycles. The number of carbonyl (C=O) groups excluding carboxylic acids is 2. The summed E-state index contributed by atoms with van der Waals surface area (Å²) in [5, 5.41) is 7.48. The highest BCUT2D eigenvalue weighted by molar-refractivity contribution is 7.13. The maximum atomic E-state index is 12.7. The van der Waals surface area contributed by atoms with Crippen molar-refractivity contribution < 1.29 is 9.59 Å². The Morgan fingerprint density at radius 1 is 1.00 bits per heavy atom. The minimum absolute atomic E-state index is 0.0471. The number of hydrogen-bond acceptors (Lipinski definition) is 6. The third-order valence-corrected chi connectivity index (χ3v) is 5.80. The van der Waals surface area contributed by atoms with Gasteiger partial charge in [-0.25, -0.2) is 9.97 Å². The Morgan fingerprint density at radius 3 is 2.53 bits per heavy atom. The molecule has 2 heterocycles. The number of aromatic nitrogens is 2. The van der Waals surface area contributed by atoms with Crippen LogP contribution < -0.4 is 16.4 Å². The highest BCUT2D eigenvalue weighted by Crippen LogP contribution is 2.25. The number of nitrogens with zero attached hydrogens (tertiary/aromatic N) is 2. The average molecular weight is 444 g/mol. The van der Waals surface area contributed by atoms with Crippen LogP contribution >= 0.6 is 11.3 Å². The summed E-state index contributed by atoms with van der Waals surface area (Å²) in [6.45, 7) is 0.413.